The van der Waals surface area contributed by atoms with Gasteiger partial charge >= 0.3 is 0 Å². The highest BCUT2D eigenvalue weighted by molar-refractivity contribution is 5.19. The second kappa shape index (κ2) is 7.25. The van der Waals surface area contributed by atoms with Gasteiger partial charge in [0.2, 0.25) is 0 Å². The number of nitrogens with one attached hydrogen (secondary N) is 1. The average molecular weight is 233 g/mol. The van der Waals surface area contributed by atoms with Crippen molar-refractivity contribution in [3.8, 4) is 0 Å². The lowest BCUT2D eigenvalue weighted by molar-refractivity contribution is 0.223. The van der Waals surface area contributed by atoms with Gasteiger partial charge in [-0.25, -0.2) is 0 Å². The zero-order valence-electron chi connectivity index (χ0n) is 10.8. The number of aliphatic hydroxyl groups is 1. The minimum Gasteiger partial charge on any atom is -0.394 e. The first-order valence-corrected chi connectivity index (χ1v) is 6.21. The molecule has 0 fully saturated rings. The normalized spacial score (nSPS) is 16.2. The molecule has 1 aromatic carbocycles. The van der Waals surface area contributed by atoms with E-state index in [0.29, 0.717) is 12.0 Å². The van der Waals surface area contributed by atoms with Gasteiger partial charge in [0.15, 0.2) is 0 Å². The van der Waals surface area contributed by atoms with Crippen LogP contribution in [-0.4, -0.2) is 17.8 Å². The van der Waals surface area contributed by atoms with E-state index in [2.05, 4.69) is 25.7 Å². The SMILES string of the molecule is C=CCC(C)C(C)NC(CO)c1ccccc1. The van der Waals surface area contributed by atoms with E-state index in [1.165, 1.54) is 0 Å². The molecule has 0 aromatic heterocycles. The van der Waals surface area contributed by atoms with Gasteiger partial charge in [-0.3, -0.25) is 0 Å². The highest BCUT2D eigenvalue weighted by Crippen LogP contribution is 2.16. The van der Waals surface area contributed by atoms with Gasteiger partial charge in [-0.05, 0) is 24.8 Å². The molecular weight excluding hydrogens is 210 g/mol. The van der Waals surface area contributed by atoms with Crippen LogP contribution in [-0.2, 0) is 0 Å². The maximum absolute atomic E-state index is 9.46. The first-order chi connectivity index (χ1) is 8.19. The third kappa shape index (κ3) is 4.33. The van der Waals surface area contributed by atoms with Crippen molar-refractivity contribution in [3.05, 3.63) is 48.6 Å². The van der Waals surface area contributed by atoms with Crippen molar-refractivity contribution in [1.82, 2.24) is 5.32 Å². The summed E-state index contributed by atoms with van der Waals surface area (Å²) in [4.78, 5) is 0. The molecule has 0 amide bonds. The molecule has 2 N–H and O–H groups in total. The number of benzene rings is 1. The van der Waals surface area contributed by atoms with Gasteiger partial charge in [-0.1, -0.05) is 43.3 Å². The molecule has 17 heavy (non-hydrogen) atoms. The molecule has 0 radical (unpaired) electrons. The number of hydrogen-bond donors (Lipinski definition) is 2. The molecule has 2 heteroatoms. The van der Waals surface area contributed by atoms with Crippen molar-refractivity contribution >= 4 is 0 Å². The van der Waals surface area contributed by atoms with Crippen LogP contribution < -0.4 is 5.32 Å². The van der Waals surface area contributed by atoms with Crippen LogP contribution in [0.2, 0.25) is 0 Å². The van der Waals surface area contributed by atoms with Crippen LogP contribution in [0, 0.1) is 5.92 Å². The Balaban J connectivity index is 2.61. The molecule has 1 aromatic rings. The molecule has 0 heterocycles. The largest absolute Gasteiger partial charge is 0.394 e. The summed E-state index contributed by atoms with van der Waals surface area (Å²) in [6, 6.07) is 10.4. The Morgan fingerprint density at radius 2 is 1.94 bits per heavy atom. The van der Waals surface area contributed by atoms with Crippen molar-refractivity contribution < 1.29 is 5.11 Å². The summed E-state index contributed by atoms with van der Waals surface area (Å²) in [5, 5.41) is 12.9. The molecule has 1 rings (SSSR count). The molecule has 0 bridgehead atoms. The minimum absolute atomic E-state index is 0.0125. The zero-order valence-corrected chi connectivity index (χ0v) is 10.8. The van der Waals surface area contributed by atoms with Crippen LogP contribution in [0.25, 0.3) is 0 Å². The maximum atomic E-state index is 9.46. The number of rotatable bonds is 7. The lowest BCUT2D eigenvalue weighted by Gasteiger charge is -2.26. The average Bonchev–Trinajstić information content (AvgIpc) is 2.37. The molecule has 94 valence electrons. The van der Waals surface area contributed by atoms with E-state index in [-0.39, 0.29) is 12.6 Å². The second-order valence-electron chi connectivity index (χ2n) is 4.60. The van der Waals surface area contributed by atoms with Crippen molar-refractivity contribution in [1.29, 1.82) is 0 Å². The van der Waals surface area contributed by atoms with E-state index >= 15 is 0 Å². The molecule has 3 unspecified atom stereocenters. The van der Waals surface area contributed by atoms with Crippen LogP contribution >= 0.6 is 0 Å². The maximum Gasteiger partial charge on any atom is 0.0626 e. The molecular formula is C15H23NO. The zero-order chi connectivity index (χ0) is 12.7. The summed E-state index contributed by atoms with van der Waals surface area (Å²) in [6.07, 6.45) is 2.93. The van der Waals surface area contributed by atoms with Crippen molar-refractivity contribution in [2.45, 2.75) is 32.4 Å². The van der Waals surface area contributed by atoms with E-state index < -0.39 is 0 Å². The molecule has 0 spiro atoms. The predicted octanol–water partition coefficient (Wildman–Crippen LogP) is 2.91. The van der Waals surface area contributed by atoms with E-state index in [1.54, 1.807) is 0 Å². The Morgan fingerprint density at radius 1 is 1.29 bits per heavy atom. The van der Waals surface area contributed by atoms with Crippen LogP contribution in [0.4, 0.5) is 0 Å². The summed E-state index contributed by atoms with van der Waals surface area (Å²) >= 11 is 0. The topological polar surface area (TPSA) is 32.3 Å². The van der Waals surface area contributed by atoms with Gasteiger partial charge in [-0.15, -0.1) is 6.58 Å². The van der Waals surface area contributed by atoms with Gasteiger partial charge in [0, 0.05) is 6.04 Å². The van der Waals surface area contributed by atoms with Crippen molar-refractivity contribution in [2.75, 3.05) is 6.61 Å². The third-order valence-electron chi connectivity index (χ3n) is 3.24. The lowest BCUT2D eigenvalue weighted by atomic mass is 9.97. The van der Waals surface area contributed by atoms with Gasteiger partial charge in [0.1, 0.15) is 0 Å². The molecule has 0 saturated heterocycles. The van der Waals surface area contributed by atoms with Crippen molar-refractivity contribution in [2.24, 2.45) is 5.92 Å². The Kier molecular flexibility index (Phi) is 5.95. The van der Waals surface area contributed by atoms with Gasteiger partial charge in [0.05, 0.1) is 12.6 Å². The summed E-state index contributed by atoms with van der Waals surface area (Å²) < 4.78 is 0. The second-order valence-corrected chi connectivity index (χ2v) is 4.60. The molecule has 3 atom stereocenters. The first-order valence-electron chi connectivity index (χ1n) is 6.21. The van der Waals surface area contributed by atoms with E-state index in [0.717, 1.165) is 12.0 Å². The Morgan fingerprint density at radius 3 is 2.47 bits per heavy atom. The van der Waals surface area contributed by atoms with Gasteiger partial charge in [-0.2, -0.15) is 0 Å². The van der Waals surface area contributed by atoms with E-state index in [9.17, 15) is 5.11 Å². The Labute approximate surface area is 104 Å². The van der Waals surface area contributed by atoms with Crippen LogP contribution in [0.5, 0.6) is 0 Å². The molecule has 0 aliphatic rings. The monoisotopic (exact) mass is 233 g/mol. The summed E-state index contributed by atoms with van der Waals surface area (Å²) in [7, 11) is 0. The fraction of sp³-hybridized carbons (Fsp3) is 0.467. The van der Waals surface area contributed by atoms with E-state index in [4.69, 9.17) is 0 Å². The third-order valence-corrected chi connectivity index (χ3v) is 3.24. The summed E-state index contributed by atoms with van der Waals surface area (Å²) in [5.41, 5.74) is 1.13. The van der Waals surface area contributed by atoms with Crippen molar-refractivity contribution in [3.63, 3.8) is 0 Å². The first kappa shape index (κ1) is 13.9. The summed E-state index contributed by atoms with van der Waals surface area (Å²) in [5.74, 6) is 0.519. The lowest BCUT2D eigenvalue weighted by Crippen LogP contribution is -2.36. The minimum atomic E-state index is 0.0125. The summed E-state index contributed by atoms with van der Waals surface area (Å²) in [6.45, 7) is 8.23. The van der Waals surface area contributed by atoms with Gasteiger partial charge in [0.25, 0.3) is 0 Å². The number of hydrogen-bond acceptors (Lipinski definition) is 2. The number of allylic oxidation sites excluding steroid dienone is 1. The Bertz CT molecular complexity index is 323. The fourth-order valence-corrected chi connectivity index (χ4v) is 1.89. The molecule has 0 aliphatic carbocycles. The quantitative estimate of drug-likeness (QED) is 0.710. The highest BCUT2D eigenvalue weighted by atomic mass is 16.3. The van der Waals surface area contributed by atoms with Crippen LogP contribution in [0.1, 0.15) is 31.9 Å². The molecule has 0 aliphatic heterocycles. The van der Waals surface area contributed by atoms with E-state index in [1.807, 2.05) is 36.4 Å². The highest BCUT2D eigenvalue weighted by Gasteiger charge is 2.16. The Hall–Kier alpha value is -1.12. The molecule has 2 nitrogen and oxygen atoms in total. The van der Waals surface area contributed by atoms with Crippen LogP contribution in [0.3, 0.4) is 0 Å². The number of aliphatic hydroxyl groups excluding tert-OH is 1. The van der Waals surface area contributed by atoms with Gasteiger partial charge < -0.3 is 10.4 Å². The fourth-order valence-electron chi connectivity index (χ4n) is 1.89. The predicted molar refractivity (Wildman–Crippen MR) is 72.8 cm³/mol. The van der Waals surface area contributed by atoms with Crippen LogP contribution in [0.15, 0.2) is 43.0 Å². The standard InChI is InChI=1S/C15H23NO/c1-4-8-12(2)13(3)16-15(11-17)14-9-6-5-7-10-14/h4-7,9-10,12-13,15-17H,1,8,11H2,2-3H3. The molecule has 0 saturated carbocycles. The smallest absolute Gasteiger partial charge is 0.0626 e.